The summed E-state index contributed by atoms with van der Waals surface area (Å²) in [6, 6.07) is 2.05. The molecule has 5 heteroatoms. The van der Waals surface area contributed by atoms with Crippen LogP contribution >= 0.6 is 0 Å². The van der Waals surface area contributed by atoms with Gasteiger partial charge >= 0.3 is 0 Å². The highest BCUT2D eigenvalue weighted by Gasteiger charge is 2.24. The molecular formula is C12H19N3O2. The van der Waals surface area contributed by atoms with E-state index in [4.69, 9.17) is 10.5 Å². The van der Waals surface area contributed by atoms with Gasteiger partial charge in [0.15, 0.2) is 0 Å². The van der Waals surface area contributed by atoms with Crippen LogP contribution < -0.4 is 10.6 Å². The fourth-order valence-electron chi connectivity index (χ4n) is 2.12. The Morgan fingerprint density at radius 3 is 3.12 bits per heavy atom. The summed E-state index contributed by atoms with van der Waals surface area (Å²) >= 11 is 0. The molecule has 1 aromatic heterocycles. The first kappa shape index (κ1) is 12.3. The normalized spacial score (nSPS) is 20.6. The molecule has 1 atom stereocenters. The number of ether oxygens (including phenoxy) is 1. The number of rotatable bonds is 3. The minimum absolute atomic E-state index is 0.00123. The largest absolute Gasteiger partial charge is 0.394 e. The van der Waals surface area contributed by atoms with Gasteiger partial charge < -0.3 is 20.5 Å². The summed E-state index contributed by atoms with van der Waals surface area (Å²) in [6.45, 7) is 4.60. The van der Waals surface area contributed by atoms with Gasteiger partial charge in [-0.1, -0.05) is 0 Å². The van der Waals surface area contributed by atoms with E-state index in [1.807, 2.05) is 13.0 Å². The van der Waals surface area contributed by atoms with Crippen molar-refractivity contribution >= 4 is 5.82 Å². The van der Waals surface area contributed by atoms with Crippen LogP contribution in [-0.4, -0.2) is 42.5 Å². The third-order valence-electron chi connectivity index (χ3n) is 3.05. The van der Waals surface area contributed by atoms with Gasteiger partial charge in [0.1, 0.15) is 5.82 Å². The van der Waals surface area contributed by atoms with E-state index in [2.05, 4.69) is 9.88 Å². The van der Waals surface area contributed by atoms with Crippen molar-refractivity contribution in [3.8, 4) is 0 Å². The van der Waals surface area contributed by atoms with E-state index < -0.39 is 0 Å². The van der Waals surface area contributed by atoms with Crippen molar-refractivity contribution in [3.63, 3.8) is 0 Å². The first-order valence-electron chi connectivity index (χ1n) is 5.87. The highest BCUT2D eigenvalue weighted by atomic mass is 16.5. The molecule has 0 radical (unpaired) electrons. The Morgan fingerprint density at radius 1 is 1.65 bits per heavy atom. The molecule has 0 bridgehead atoms. The molecule has 0 saturated carbocycles. The van der Waals surface area contributed by atoms with Crippen LogP contribution in [0.3, 0.4) is 0 Å². The topological polar surface area (TPSA) is 71.6 Å². The van der Waals surface area contributed by atoms with Crippen molar-refractivity contribution in [3.05, 3.63) is 23.4 Å². The summed E-state index contributed by atoms with van der Waals surface area (Å²) in [7, 11) is 0. The Morgan fingerprint density at radius 2 is 2.47 bits per heavy atom. The van der Waals surface area contributed by atoms with Gasteiger partial charge in [0, 0.05) is 19.3 Å². The van der Waals surface area contributed by atoms with E-state index in [9.17, 15) is 5.11 Å². The second-order valence-corrected chi connectivity index (χ2v) is 4.29. The van der Waals surface area contributed by atoms with Crippen molar-refractivity contribution in [2.24, 2.45) is 5.73 Å². The molecule has 17 heavy (non-hydrogen) atoms. The molecular weight excluding hydrogens is 218 g/mol. The molecule has 1 aliphatic heterocycles. The lowest BCUT2D eigenvalue weighted by Gasteiger charge is -2.36. The molecule has 3 N–H and O–H groups in total. The zero-order valence-electron chi connectivity index (χ0n) is 10.1. The molecule has 1 aliphatic rings. The molecule has 0 spiro atoms. The van der Waals surface area contributed by atoms with E-state index in [0.717, 1.165) is 23.5 Å². The predicted molar refractivity (Wildman–Crippen MR) is 65.9 cm³/mol. The Kier molecular flexibility index (Phi) is 3.93. The number of nitrogens with two attached hydrogens (primary N) is 1. The number of aliphatic hydroxyl groups is 1. The zero-order chi connectivity index (χ0) is 12.3. The third-order valence-corrected chi connectivity index (χ3v) is 3.05. The number of hydrogen-bond acceptors (Lipinski definition) is 5. The van der Waals surface area contributed by atoms with Gasteiger partial charge in [-0.05, 0) is 24.1 Å². The van der Waals surface area contributed by atoms with Crippen LogP contribution in [0.1, 0.15) is 11.1 Å². The average molecular weight is 237 g/mol. The van der Waals surface area contributed by atoms with Crippen LogP contribution in [0, 0.1) is 6.92 Å². The lowest BCUT2D eigenvalue weighted by atomic mass is 10.1. The highest BCUT2D eigenvalue weighted by Crippen LogP contribution is 2.21. The van der Waals surface area contributed by atoms with E-state index >= 15 is 0 Å². The standard InChI is InChI=1S/C12H19N3O2/c1-9-4-10(5-13)6-14-12(9)15-2-3-17-8-11(15)7-16/h4,6,11,16H,2-3,5,7-8,13H2,1H3. The number of aliphatic hydroxyl groups excluding tert-OH is 1. The van der Waals surface area contributed by atoms with Gasteiger partial charge in [0.25, 0.3) is 0 Å². The highest BCUT2D eigenvalue weighted by molar-refractivity contribution is 5.48. The third kappa shape index (κ3) is 2.57. The van der Waals surface area contributed by atoms with E-state index in [1.165, 1.54) is 0 Å². The SMILES string of the molecule is Cc1cc(CN)cnc1N1CCOCC1CO. The van der Waals surface area contributed by atoms with Gasteiger partial charge in [0.05, 0.1) is 25.9 Å². The molecule has 1 aromatic rings. The van der Waals surface area contributed by atoms with Crippen molar-refractivity contribution in [1.29, 1.82) is 0 Å². The molecule has 0 amide bonds. The summed E-state index contributed by atoms with van der Waals surface area (Å²) in [4.78, 5) is 6.56. The maximum absolute atomic E-state index is 9.34. The minimum Gasteiger partial charge on any atom is -0.394 e. The van der Waals surface area contributed by atoms with Crippen molar-refractivity contribution < 1.29 is 9.84 Å². The molecule has 1 fully saturated rings. The van der Waals surface area contributed by atoms with Gasteiger partial charge in [-0.2, -0.15) is 0 Å². The number of pyridine rings is 1. The second-order valence-electron chi connectivity index (χ2n) is 4.29. The summed E-state index contributed by atoms with van der Waals surface area (Å²) in [5, 5.41) is 9.34. The Balaban J connectivity index is 2.25. The van der Waals surface area contributed by atoms with Gasteiger partial charge in [0.2, 0.25) is 0 Å². The van der Waals surface area contributed by atoms with Gasteiger partial charge in [-0.25, -0.2) is 4.98 Å². The van der Waals surface area contributed by atoms with E-state index in [0.29, 0.717) is 19.8 Å². The summed E-state index contributed by atoms with van der Waals surface area (Å²) < 4.78 is 5.36. The maximum Gasteiger partial charge on any atom is 0.131 e. The van der Waals surface area contributed by atoms with Gasteiger partial charge in [-0.3, -0.25) is 0 Å². The Hall–Kier alpha value is -1.17. The van der Waals surface area contributed by atoms with Crippen LogP contribution in [0.4, 0.5) is 5.82 Å². The number of morpholine rings is 1. The van der Waals surface area contributed by atoms with Crippen LogP contribution in [0.25, 0.3) is 0 Å². The number of aromatic nitrogens is 1. The first-order chi connectivity index (χ1) is 8.26. The molecule has 5 nitrogen and oxygen atoms in total. The summed E-state index contributed by atoms with van der Waals surface area (Å²) in [5.41, 5.74) is 7.71. The molecule has 2 heterocycles. The number of hydrogen-bond donors (Lipinski definition) is 2. The van der Waals surface area contributed by atoms with Crippen LogP contribution in [0.2, 0.25) is 0 Å². The smallest absolute Gasteiger partial charge is 0.131 e. The van der Waals surface area contributed by atoms with Crippen LogP contribution in [-0.2, 0) is 11.3 Å². The number of nitrogens with zero attached hydrogens (tertiary/aromatic N) is 2. The molecule has 1 unspecified atom stereocenters. The summed E-state index contributed by atoms with van der Waals surface area (Å²) in [6.07, 6.45) is 1.80. The maximum atomic E-state index is 9.34. The van der Waals surface area contributed by atoms with Crippen molar-refractivity contribution in [2.75, 3.05) is 31.3 Å². The average Bonchev–Trinajstić information content (AvgIpc) is 2.38. The molecule has 1 saturated heterocycles. The Labute approximate surface area is 101 Å². The van der Waals surface area contributed by atoms with Crippen molar-refractivity contribution in [1.82, 2.24) is 4.98 Å². The van der Waals surface area contributed by atoms with Crippen LogP contribution in [0.5, 0.6) is 0 Å². The van der Waals surface area contributed by atoms with E-state index in [1.54, 1.807) is 6.20 Å². The fraction of sp³-hybridized carbons (Fsp3) is 0.583. The lowest BCUT2D eigenvalue weighted by molar-refractivity contribution is 0.0722. The second kappa shape index (κ2) is 5.44. The number of anilines is 1. The monoisotopic (exact) mass is 237 g/mol. The molecule has 94 valence electrons. The van der Waals surface area contributed by atoms with Gasteiger partial charge in [-0.15, -0.1) is 0 Å². The van der Waals surface area contributed by atoms with Crippen molar-refractivity contribution in [2.45, 2.75) is 19.5 Å². The quantitative estimate of drug-likeness (QED) is 0.777. The Bertz CT molecular complexity index is 384. The van der Waals surface area contributed by atoms with Crippen LogP contribution in [0.15, 0.2) is 12.3 Å². The fourth-order valence-corrected chi connectivity index (χ4v) is 2.12. The molecule has 0 aliphatic carbocycles. The zero-order valence-corrected chi connectivity index (χ0v) is 10.1. The first-order valence-corrected chi connectivity index (χ1v) is 5.87. The molecule has 2 rings (SSSR count). The van der Waals surface area contributed by atoms with E-state index in [-0.39, 0.29) is 12.6 Å². The minimum atomic E-state index is -0.00123. The summed E-state index contributed by atoms with van der Waals surface area (Å²) in [5.74, 6) is 0.921. The number of aryl methyl sites for hydroxylation is 1. The molecule has 0 aromatic carbocycles. The lowest BCUT2D eigenvalue weighted by Crippen LogP contribution is -2.48. The predicted octanol–water partition coefficient (Wildman–Crippen LogP) is 0.0462.